The highest BCUT2D eigenvalue weighted by Crippen LogP contribution is 2.40. The second kappa shape index (κ2) is 3.94. The summed E-state index contributed by atoms with van der Waals surface area (Å²) in [4.78, 5) is 11.8. The number of rotatable bonds is 2. The number of likely N-dealkylation sites (tertiary alicyclic amines) is 1. The fraction of sp³-hybridized carbons (Fsp3) is 0.889. The predicted octanol–water partition coefficient (Wildman–Crippen LogP) is 0.522. The zero-order valence-electron chi connectivity index (χ0n) is 8.79. The molecule has 14 heavy (non-hydrogen) atoms. The van der Waals surface area contributed by atoms with Crippen molar-refractivity contribution in [1.29, 1.82) is 0 Å². The van der Waals surface area contributed by atoms with Crippen LogP contribution in [0.2, 0.25) is 0 Å². The van der Waals surface area contributed by atoms with Crippen molar-refractivity contribution in [3.63, 3.8) is 0 Å². The first-order valence-electron chi connectivity index (χ1n) is 4.71. The molecule has 0 unspecified atom stereocenters. The highest BCUT2D eigenvalue weighted by molar-refractivity contribution is 14.1. The summed E-state index contributed by atoms with van der Waals surface area (Å²) in [6, 6.07) is 0. The van der Waals surface area contributed by atoms with E-state index in [9.17, 15) is 9.90 Å². The quantitative estimate of drug-likeness (QED) is 0.266. The number of carbonyl (C=O) groups is 1. The first-order valence-corrected chi connectivity index (χ1v) is 5.78. The Balaban J connectivity index is 2.87. The number of halogens is 1. The number of likely N-dealkylation sites (N-methyl/N-ethyl adjacent to an activating group) is 1. The van der Waals surface area contributed by atoms with E-state index in [0.717, 1.165) is 0 Å². The van der Waals surface area contributed by atoms with Gasteiger partial charge in [0.05, 0.1) is 27.1 Å². The van der Waals surface area contributed by atoms with Crippen LogP contribution in [0.3, 0.4) is 0 Å². The van der Waals surface area contributed by atoms with E-state index in [4.69, 9.17) is 4.74 Å². The van der Waals surface area contributed by atoms with Gasteiger partial charge >= 0.3 is 5.97 Å². The van der Waals surface area contributed by atoms with Gasteiger partial charge in [-0.25, -0.2) is 4.79 Å². The molecule has 5 heteroatoms. The Morgan fingerprint density at radius 3 is 2.64 bits per heavy atom. The predicted molar refractivity (Wildman–Crippen MR) is 61.0 cm³/mol. The van der Waals surface area contributed by atoms with Crippen LogP contribution in [-0.2, 0) is 9.53 Å². The van der Waals surface area contributed by atoms with Gasteiger partial charge in [0.2, 0.25) is 3.55 Å². The fourth-order valence-electron chi connectivity index (χ4n) is 1.87. The highest BCUT2D eigenvalue weighted by Gasteiger charge is 2.58. The van der Waals surface area contributed by atoms with Gasteiger partial charge in [-0.05, 0) is 6.92 Å². The smallest absolute Gasteiger partial charge is 0.378 e. The van der Waals surface area contributed by atoms with Crippen molar-refractivity contribution in [2.24, 2.45) is 0 Å². The van der Waals surface area contributed by atoms with Crippen LogP contribution in [0.15, 0.2) is 0 Å². The van der Waals surface area contributed by atoms with E-state index in [0.29, 0.717) is 24.1 Å². The molecular weight excluding hydrogens is 297 g/mol. The lowest BCUT2D eigenvalue weighted by molar-refractivity contribution is -0.900. The number of quaternary nitrogens is 1. The Kier molecular flexibility index (Phi) is 3.43. The molecule has 1 aliphatic heterocycles. The monoisotopic (exact) mass is 314 g/mol. The second-order valence-electron chi connectivity index (χ2n) is 4.21. The Morgan fingerprint density at radius 1 is 1.71 bits per heavy atom. The van der Waals surface area contributed by atoms with Gasteiger partial charge in [0.25, 0.3) is 0 Å². The molecule has 0 saturated carbocycles. The topological polar surface area (TPSA) is 46.5 Å². The average Bonchev–Trinajstić information content (AvgIpc) is 2.22. The first kappa shape index (κ1) is 12.2. The molecule has 0 bridgehead atoms. The lowest BCUT2D eigenvalue weighted by Gasteiger charge is -2.36. The Bertz CT molecular complexity index is 244. The normalized spacial score (nSPS) is 35.6. The SMILES string of the molecule is CCOC(=O)[C@]1(I)C[C@H](O)C[N+]1(C)C. The summed E-state index contributed by atoms with van der Waals surface area (Å²) in [5.74, 6) is -0.220. The number of hydrogen-bond donors (Lipinski definition) is 1. The molecule has 0 aromatic rings. The van der Waals surface area contributed by atoms with Gasteiger partial charge < -0.3 is 14.3 Å². The Morgan fingerprint density at radius 2 is 2.29 bits per heavy atom. The van der Waals surface area contributed by atoms with Crippen molar-refractivity contribution in [1.82, 2.24) is 0 Å². The van der Waals surface area contributed by atoms with Crippen LogP contribution in [-0.4, -0.2) is 52.5 Å². The summed E-state index contributed by atoms with van der Waals surface area (Å²) in [5.41, 5.74) is 0. The average molecular weight is 314 g/mol. The maximum atomic E-state index is 11.8. The molecule has 0 aromatic heterocycles. The number of ether oxygens (including phenoxy) is 1. The molecular formula is C9H17INO3+. The number of hydrogen-bond acceptors (Lipinski definition) is 3. The summed E-state index contributed by atoms with van der Waals surface area (Å²) >= 11 is 2.11. The largest absolute Gasteiger partial charge is 0.461 e. The molecule has 1 fully saturated rings. The van der Waals surface area contributed by atoms with E-state index in [1.54, 1.807) is 6.92 Å². The molecule has 0 spiro atoms. The number of alkyl halides is 1. The van der Waals surface area contributed by atoms with Crippen LogP contribution in [0, 0.1) is 0 Å². The molecule has 0 amide bonds. The summed E-state index contributed by atoms with van der Waals surface area (Å²) in [6.07, 6.45) is 0.0608. The highest BCUT2D eigenvalue weighted by atomic mass is 127. The second-order valence-corrected chi connectivity index (χ2v) is 5.99. The maximum Gasteiger partial charge on any atom is 0.378 e. The van der Waals surface area contributed by atoms with E-state index in [-0.39, 0.29) is 5.97 Å². The van der Waals surface area contributed by atoms with Crippen LogP contribution in [0.1, 0.15) is 13.3 Å². The lowest BCUT2D eigenvalue weighted by Crippen LogP contribution is -2.56. The summed E-state index contributed by atoms with van der Waals surface area (Å²) in [6.45, 7) is 2.78. The van der Waals surface area contributed by atoms with Crippen LogP contribution < -0.4 is 0 Å². The van der Waals surface area contributed by atoms with E-state index < -0.39 is 9.65 Å². The van der Waals surface area contributed by atoms with E-state index >= 15 is 0 Å². The van der Waals surface area contributed by atoms with Crippen molar-refractivity contribution in [2.45, 2.75) is 23.0 Å². The van der Waals surface area contributed by atoms with Gasteiger partial charge in [-0.2, -0.15) is 0 Å². The molecule has 1 aliphatic rings. The van der Waals surface area contributed by atoms with Gasteiger partial charge in [0.1, 0.15) is 12.6 Å². The Labute approximate surface area is 98.0 Å². The number of carbonyl (C=O) groups excluding carboxylic acids is 1. The number of aliphatic hydroxyl groups is 1. The first-order chi connectivity index (χ1) is 6.33. The lowest BCUT2D eigenvalue weighted by atomic mass is 10.2. The Hall–Kier alpha value is 0.120. The third kappa shape index (κ3) is 1.90. The molecule has 1 heterocycles. The fourth-order valence-corrected chi connectivity index (χ4v) is 2.73. The zero-order chi connectivity index (χ0) is 11.0. The van der Waals surface area contributed by atoms with E-state index in [1.807, 2.05) is 14.1 Å². The minimum atomic E-state index is -0.632. The molecule has 1 N–H and O–H groups in total. The van der Waals surface area contributed by atoms with Crippen molar-refractivity contribution < 1.29 is 19.1 Å². The molecule has 1 saturated heterocycles. The number of esters is 1. The molecule has 0 aliphatic carbocycles. The third-order valence-electron chi connectivity index (χ3n) is 2.72. The van der Waals surface area contributed by atoms with Gasteiger partial charge in [-0.3, -0.25) is 0 Å². The maximum absolute atomic E-state index is 11.8. The standard InChI is InChI=1S/C9H17INO3/c1-4-14-8(13)9(10)5-7(12)6-11(9,2)3/h7,12H,4-6H2,1-3H3/q+1/t7-,9-/m0/s1. The van der Waals surface area contributed by atoms with Crippen molar-refractivity contribution in [3.05, 3.63) is 0 Å². The third-order valence-corrected chi connectivity index (χ3v) is 4.91. The molecule has 0 radical (unpaired) electrons. The van der Waals surface area contributed by atoms with Crippen LogP contribution in [0.25, 0.3) is 0 Å². The molecule has 4 nitrogen and oxygen atoms in total. The van der Waals surface area contributed by atoms with E-state index in [1.165, 1.54) is 0 Å². The summed E-state index contributed by atoms with van der Waals surface area (Å²) in [5, 5.41) is 9.59. The number of aliphatic hydroxyl groups excluding tert-OH is 1. The molecule has 0 aromatic carbocycles. The molecule has 1 rings (SSSR count). The number of nitrogens with zero attached hydrogens (tertiary/aromatic N) is 1. The van der Waals surface area contributed by atoms with Crippen LogP contribution in [0.4, 0.5) is 0 Å². The van der Waals surface area contributed by atoms with Gasteiger partial charge in [-0.1, -0.05) is 0 Å². The van der Waals surface area contributed by atoms with Crippen LogP contribution in [0.5, 0.6) is 0 Å². The van der Waals surface area contributed by atoms with E-state index in [2.05, 4.69) is 22.6 Å². The van der Waals surface area contributed by atoms with Gasteiger partial charge in [0, 0.05) is 22.6 Å². The molecule has 82 valence electrons. The molecule has 2 atom stereocenters. The summed E-state index contributed by atoms with van der Waals surface area (Å²) in [7, 11) is 3.89. The minimum Gasteiger partial charge on any atom is -0.461 e. The zero-order valence-corrected chi connectivity index (χ0v) is 10.9. The van der Waals surface area contributed by atoms with Crippen molar-refractivity contribution in [2.75, 3.05) is 27.2 Å². The minimum absolute atomic E-state index is 0.220. The van der Waals surface area contributed by atoms with Crippen LogP contribution >= 0.6 is 22.6 Å². The van der Waals surface area contributed by atoms with Gasteiger partial charge in [0.15, 0.2) is 0 Å². The van der Waals surface area contributed by atoms with Gasteiger partial charge in [-0.15, -0.1) is 0 Å². The van der Waals surface area contributed by atoms with Crippen molar-refractivity contribution >= 4 is 28.6 Å². The summed E-state index contributed by atoms with van der Waals surface area (Å²) < 4.78 is 4.89. The van der Waals surface area contributed by atoms with Crippen molar-refractivity contribution in [3.8, 4) is 0 Å².